The Morgan fingerprint density at radius 3 is 2.44 bits per heavy atom. The van der Waals surface area contributed by atoms with Crippen LogP contribution in [0.3, 0.4) is 0 Å². The van der Waals surface area contributed by atoms with Gasteiger partial charge in [-0.1, -0.05) is 12.5 Å². The lowest BCUT2D eigenvalue weighted by molar-refractivity contribution is 0.308. The Morgan fingerprint density at radius 1 is 1.31 bits per heavy atom. The van der Waals surface area contributed by atoms with Crippen LogP contribution in [0, 0.1) is 11.6 Å². The summed E-state index contributed by atoms with van der Waals surface area (Å²) in [6.07, 6.45) is 4.04. The molecule has 1 nitrogen and oxygen atoms in total. The molecule has 0 aliphatic heterocycles. The number of halogens is 2. The average molecular weight is 225 g/mol. The first-order valence-electron chi connectivity index (χ1n) is 5.85. The zero-order valence-corrected chi connectivity index (χ0v) is 9.47. The molecule has 0 amide bonds. The molecule has 16 heavy (non-hydrogen) atoms. The lowest BCUT2D eigenvalue weighted by atomic mass is 9.92. The normalized spacial score (nSPS) is 18.2. The summed E-state index contributed by atoms with van der Waals surface area (Å²) in [5.41, 5.74) is 0.196. The first-order chi connectivity index (χ1) is 7.66. The van der Waals surface area contributed by atoms with E-state index < -0.39 is 11.6 Å². The molecule has 0 saturated heterocycles. The molecular weight excluding hydrogens is 208 g/mol. The molecule has 88 valence electrons. The van der Waals surface area contributed by atoms with Crippen molar-refractivity contribution in [3.8, 4) is 0 Å². The van der Waals surface area contributed by atoms with Gasteiger partial charge in [-0.2, -0.15) is 0 Å². The molecule has 0 bridgehead atoms. The average Bonchev–Trinajstić information content (AvgIpc) is 2.18. The Bertz CT molecular complexity index is 341. The molecule has 1 N–H and O–H groups in total. The number of rotatable bonds is 4. The van der Waals surface area contributed by atoms with Crippen molar-refractivity contribution in [3.05, 3.63) is 35.4 Å². The molecule has 0 spiro atoms. The summed E-state index contributed by atoms with van der Waals surface area (Å²) in [6.45, 7) is 1.98. The third-order valence-electron chi connectivity index (χ3n) is 3.20. The highest BCUT2D eigenvalue weighted by Gasteiger charge is 2.20. The highest BCUT2D eigenvalue weighted by atomic mass is 19.1. The Labute approximate surface area is 94.9 Å². The minimum absolute atomic E-state index is 0.122. The summed E-state index contributed by atoms with van der Waals surface area (Å²) < 4.78 is 26.8. The van der Waals surface area contributed by atoms with Gasteiger partial charge in [-0.15, -0.1) is 0 Å². The third-order valence-corrected chi connectivity index (χ3v) is 3.20. The fourth-order valence-corrected chi connectivity index (χ4v) is 2.07. The van der Waals surface area contributed by atoms with Gasteiger partial charge in [0.1, 0.15) is 11.6 Å². The van der Waals surface area contributed by atoms with Crippen LogP contribution in [0.5, 0.6) is 0 Å². The largest absolute Gasteiger partial charge is 0.311 e. The fraction of sp³-hybridized carbons (Fsp3) is 0.538. The molecule has 1 unspecified atom stereocenters. The van der Waals surface area contributed by atoms with Crippen molar-refractivity contribution in [2.45, 2.75) is 44.7 Å². The monoisotopic (exact) mass is 225 g/mol. The topological polar surface area (TPSA) is 12.0 Å². The van der Waals surface area contributed by atoms with Crippen molar-refractivity contribution in [2.24, 2.45) is 0 Å². The summed E-state index contributed by atoms with van der Waals surface area (Å²) in [6, 6.07) is 4.70. The molecule has 1 saturated carbocycles. The van der Waals surface area contributed by atoms with Gasteiger partial charge in [0, 0.05) is 17.6 Å². The van der Waals surface area contributed by atoms with Crippen LogP contribution >= 0.6 is 0 Å². The van der Waals surface area contributed by atoms with Crippen molar-refractivity contribution in [1.29, 1.82) is 0 Å². The molecule has 1 atom stereocenters. The van der Waals surface area contributed by atoms with Crippen molar-refractivity contribution in [3.63, 3.8) is 0 Å². The van der Waals surface area contributed by atoms with Crippen LogP contribution in [0.15, 0.2) is 18.2 Å². The van der Waals surface area contributed by atoms with Crippen molar-refractivity contribution in [2.75, 3.05) is 0 Å². The van der Waals surface area contributed by atoms with E-state index in [0.29, 0.717) is 12.5 Å². The Kier molecular flexibility index (Phi) is 3.54. The summed E-state index contributed by atoms with van der Waals surface area (Å²) in [5.74, 6) is -0.885. The van der Waals surface area contributed by atoms with Gasteiger partial charge < -0.3 is 5.32 Å². The van der Waals surface area contributed by atoms with Crippen LogP contribution in [0.1, 0.15) is 31.7 Å². The van der Waals surface area contributed by atoms with E-state index in [0.717, 1.165) is 0 Å². The van der Waals surface area contributed by atoms with E-state index in [1.54, 1.807) is 0 Å². The van der Waals surface area contributed by atoms with Crippen molar-refractivity contribution in [1.82, 2.24) is 5.32 Å². The first kappa shape index (κ1) is 11.5. The standard InChI is InChI=1S/C13H17F2N/c1-9(16-10-4-2-5-10)8-11-12(14)6-3-7-13(11)15/h3,6-7,9-10,16H,2,4-5,8H2,1H3. The third kappa shape index (κ3) is 2.59. The quantitative estimate of drug-likeness (QED) is 0.830. The first-order valence-corrected chi connectivity index (χ1v) is 5.85. The molecule has 0 heterocycles. The van der Waals surface area contributed by atoms with Crippen LogP contribution in [0.4, 0.5) is 8.78 Å². The molecule has 0 aromatic heterocycles. The number of nitrogens with one attached hydrogen (secondary N) is 1. The molecule has 3 heteroatoms. The van der Waals surface area contributed by atoms with Gasteiger partial charge in [0.05, 0.1) is 0 Å². The van der Waals surface area contributed by atoms with E-state index in [1.807, 2.05) is 6.92 Å². The maximum absolute atomic E-state index is 13.4. The van der Waals surface area contributed by atoms with Crippen LogP contribution < -0.4 is 5.32 Å². The highest BCUT2D eigenvalue weighted by Crippen LogP contribution is 2.20. The fourth-order valence-electron chi connectivity index (χ4n) is 2.07. The van der Waals surface area contributed by atoms with E-state index in [2.05, 4.69) is 5.32 Å². The Hall–Kier alpha value is -0.960. The van der Waals surface area contributed by atoms with E-state index in [1.165, 1.54) is 37.5 Å². The molecular formula is C13H17F2N. The molecule has 1 fully saturated rings. The predicted molar refractivity (Wildman–Crippen MR) is 60.3 cm³/mol. The van der Waals surface area contributed by atoms with Crippen LogP contribution in [-0.4, -0.2) is 12.1 Å². The van der Waals surface area contributed by atoms with E-state index in [-0.39, 0.29) is 11.6 Å². The van der Waals surface area contributed by atoms with Crippen LogP contribution in [0.2, 0.25) is 0 Å². The minimum atomic E-state index is -0.442. The SMILES string of the molecule is CC(Cc1c(F)cccc1F)NC1CCC1. The lowest BCUT2D eigenvalue weighted by Gasteiger charge is -2.30. The van der Waals surface area contributed by atoms with Gasteiger partial charge >= 0.3 is 0 Å². The molecule has 1 aromatic rings. The number of hydrogen-bond donors (Lipinski definition) is 1. The van der Waals surface area contributed by atoms with E-state index in [9.17, 15) is 8.78 Å². The predicted octanol–water partition coefficient (Wildman–Crippen LogP) is 3.04. The summed E-state index contributed by atoms with van der Waals surface area (Å²) in [4.78, 5) is 0. The smallest absolute Gasteiger partial charge is 0.129 e. The lowest BCUT2D eigenvalue weighted by Crippen LogP contribution is -2.42. The van der Waals surface area contributed by atoms with Crippen LogP contribution in [0.25, 0.3) is 0 Å². The number of benzene rings is 1. The zero-order chi connectivity index (χ0) is 11.5. The second-order valence-corrected chi connectivity index (χ2v) is 4.60. The van der Waals surface area contributed by atoms with Gasteiger partial charge in [-0.05, 0) is 38.3 Å². The van der Waals surface area contributed by atoms with Crippen molar-refractivity contribution < 1.29 is 8.78 Å². The van der Waals surface area contributed by atoms with E-state index in [4.69, 9.17) is 0 Å². The van der Waals surface area contributed by atoms with Gasteiger partial charge in [-0.25, -0.2) is 8.78 Å². The molecule has 1 aromatic carbocycles. The van der Waals surface area contributed by atoms with Crippen LogP contribution in [-0.2, 0) is 6.42 Å². The summed E-state index contributed by atoms with van der Waals surface area (Å²) in [7, 11) is 0. The van der Waals surface area contributed by atoms with E-state index >= 15 is 0 Å². The highest BCUT2D eigenvalue weighted by molar-refractivity contribution is 5.20. The van der Waals surface area contributed by atoms with Gasteiger partial charge in [0.25, 0.3) is 0 Å². The maximum atomic E-state index is 13.4. The molecule has 1 aliphatic carbocycles. The molecule has 0 radical (unpaired) electrons. The summed E-state index contributed by atoms with van der Waals surface area (Å²) in [5, 5.41) is 3.39. The Balaban J connectivity index is 1.96. The number of hydrogen-bond acceptors (Lipinski definition) is 1. The second kappa shape index (κ2) is 4.91. The van der Waals surface area contributed by atoms with Crippen molar-refractivity contribution >= 4 is 0 Å². The Morgan fingerprint density at radius 2 is 1.94 bits per heavy atom. The van der Waals surface area contributed by atoms with Gasteiger partial charge in [0.2, 0.25) is 0 Å². The van der Waals surface area contributed by atoms with Gasteiger partial charge in [-0.3, -0.25) is 0 Å². The second-order valence-electron chi connectivity index (χ2n) is 4.60. The molecule has 2 rings (SSSR count). The molecule has 1 aliphatic rings. The summed E-state index contributed by atoms with van der Waals surface area (Å²) >= 11 is 0. The maximum Gasteiger partial charge on any atom is 0.129 e. The zero-order valence-electron chi connectivity index (χ0n) is 9.47. The van der Waals surface area contributed by atoms with Gasteiger partial charge in [0.15, 0.2) is 0 Å². The minimum Gasteiger partial charge on any atom is -0.311 e.